The second-order valence-corrected chi connectivity index (χ2v) is 4.66. The molecule has 7 heteroatoms. The van der Waals surface area contributed by atoms with Gasteiger partial charge in [-0.15, -0.1) is 5.10 Å². The Morgan fingerprint density at radius 2 is 2.33 bits per heavy atom. The van der Waals surface area contributed by atoms with E-state index in [2.05, 4.69) is 5.10 Å². The van der Waals surface area contributed by atoms with Crippen molar-refractivity contribution < 1.29 is 9.53 Å². The van der Waals surface area contributed by atoms with E-state index >= 15 is 0 Å². The lowest BCUT2D eigenvalue weighted by molar-refractivity contribution is 0.0524. The lowest BCUT2D eigenvalue weighted by atomic mass is 10.3. The van der Waals surface area contributed by atoms with Gasteiger partial charge in [-0.25, -0.2) is 4.79 Å². The van der Waals surface area contributed by atoms with E-state index < -0.39 is 5.97 Å². The molecule has 0 aliphatic carbocycles. The van der Waals surface area contributed by atoms with Gasteiger partial charge in [0.05, 0.1) is 12.3 Å². The van der Waals surface area contributed by atoms with E-state index in [1.807, 2.05) is 0 Å². The van der Waals surface area contributed by atoms with Crippen LogP contribution in [0.5, 0.6) is 0 Å². The van der Waals surface area contributed by atoms with E-state index in [4.69, 9.17) is 16.3 Å². The number of carbonyl (C=O) groups is 1. The first kappa shape index (κ1) is 12.8. The summed E-state index contributed by atoms with van der Waals surface area (Å²) in [5.41, 5.74) is 0.513. The Bertz CT molecular complexity index is 635. The predicted octanol–water partition coefficient (Wildman–Crippen LogP) is 2.12. The molecule has 1 heterocycles. The number of halogens is 1. The van der Waals surface area contributed by atoms with Gasteiger partial charge in [0.15, 0.2) is 0 Å². The van der Waals surface area contributed by atoms with Crippen LogP contribution in [0, 0.1) is 0 Å². The van der Waals surface area contributed by atoms with Crippen molar-refractivity contribution in [1.29, 1.82) is 0 Å². The Morgan fingerprint density at radius 3 is 3.00 bits per heavy atom. The first-order chi connectivity index (χ1) is 8.61. The first-order valence-electron chi connectivity index (χ1n) is 5.15. The zero-order chi connectivity index (χ0) is 13.1. The van der Waals surface area contributed by atoms with E-state index in [0.29, 0.717) is 10.7 Å². The summed E-state index contributed by atoms with van der Waals surface area (Å²) in [4.78, 5) is 22.8. The summed E-state index contributed by atoms with van der Waals surface area (Å²) >= 11 is 6.58. The fourth-order valence-corrected chi connectivity index (χ4v) is 2.17. The molecule has 0 atom stereocenters. The molecule has 0 amide bonds. The normalized spacial score (nSPS) is 10.3. The molecule has 0 unspecified atom stereocenters. The van der Waals surface area contributed by atoms with Gasteiger partial charge in [-0.1, -0.05) is 17.7 Å². The highest BCUT2D eigenvalue weighted by Gasteiger charge is 2.16. The summed E-state index contributed by atoms with van der Waals surface area (Å²) < 4.78 is 5.91. The topological polar surface area (TPSA) is 61.2 Å². The molecule has 0 aliphatic rings. The lowest BCUT2D eigenvalue weighted by Crippen LogP contribution is -2.12. The maximum Gasteiger partial charge on any atom is 0.369 e. The second kappa shape index (κ2) is 5.32. The minimum atomic E-state index is -0.597. The fraction of sp³-hybridized carbons (Fsp3) is 0.182. The van der Waals surface area contributed by atoms with Crippen molar-refractivity contribution in [1.82, 2.24) is 9.78 Å². The van der Waals surface area contributed by atoms with Gasteiger partial charge in [0.1, 0.15) is 0 Å². The van der Waals surface area contributed by atoms with Gasteiger partial charge in [-0.05, 0) is 36.5 Å². The molecule has 2 aromatic rings. The third kappa shape index (κ3) is 2.60. The van der Waals surface area contributed by atoms with Crippen molar-refractivity contribution in [2.45, 2.75) is 6.92 Å². The summed E-state index contributed by atoms with van der Waals surface area (Å²) in [7, 11) is 0. The second-order valence-electron chi connectivity index (χ2n) is 3.29. The van der Waals surface area contributed by atoms with Gasteiger partial charge in [0.2, 0.25) is 5.01 Å². The molecule has 18 heavy (non-hydrogen) atoms. The van der Waals surface area contributed by atoms with E-state index in [9.17, 15) is 9.59 Å². The van der Waals surface area contributed by atoms with Crippen molar-refractivity contribution in [2.24, 2.45) is 0 Å². The molecular formula is C11H9ClN2O3S. The number of aromatic nitrogens is 2. The summed E-state index contributed by atoms with van der Waals surface area (Å²) in [6.45, 7) is 1.93. The Labute approximate surface area is 112 Å². The number of esters is 1. The van der Waals surface area contributed by atoms with E-state index in [1.165, 1.54) is 0 Å². The first-order valence-corrected chi connectivity index (χ1v) is 6.34. The van der Waals surface area contributed by atoms with Crippen molar-refractivity contribution in [3.05, 3.63) is 44.0 Å². The number of nitrogens with zero attached hydrogens (tertiary/aromatic N) is 2. The van der Waals surface area contributed by atoms with Crippen LogP contribution in [0.15, 0.2) is 29.1 Å². The summed E-state index contributed by atoms with van der Waals surface area (Å²) in [6.07, 6.45) is 0. The van der Waals surface area contributed by atoms with Crippen molar-refractivity contribution in [3.8, 4) is 5.69 Å². The quantitative estimate of drug-likeness (QED) is 0.810. The van der Waals surface area contributed by atoms with Gasteiger partial charge >= 0.3 is 10.8 Å². The van der Waals surface area contributed by atoms with Crippen molar-refractivity contribution in [3.63, 3.8) is 0 Å². The zero-order valence-corrected chi connectivity index (χ0v) is 11.0. The number of benzene rings is 1. The molecule has 0 saturated heterocycles. The molecule has 0 spiro atoms. The highest BCUT2D eigenvalue weighted by molar-refractivity contribution is 7.10. The molecule has 0 radical (unpaired) electrons. The largest absolute Gasteiger partial charge is 0.461 e. The van der Waals surface area contributed by atoms with Crippen LogP contribution in [0.4, 0.5) is 0 Å². The van der Waals surface area contributed by atoms with Crippen LogP contribution in [0.25, 0.3) is 5.69 Å². The van der Waals surface area contributed by atoms with Crippen LogP contribution in [-0.2, 0) is 4.74 Å². The SMILES string of the molecule is CCOC(=O)c1nn(-c2cccc(Cl)c2)c(=O)s1. The lowest BCUT2D eigenvalue weighted by Gasteiger charge is -1.99. The van der Waals surface area contributed by atoms with Gasteiger partial charge < -0.3 is 4.74 Å². The van der Waals surface area contributed by atoms with Gasteiger partial charge in [0.25, 0.3) is 0 Å². The Morgan fingerprint density at radius 1 is 1.56 bits per heavy atom. The highest BCUT2D eigenvalue weighted by atomic mass is 35.5. The van der Waals surface area contributed by atoms with Gasteiger partial charge in [-0.3, -0.25) is 4.79 Å². The standard InChI is InChI=1S/C11H9ClN2O3S/c1-2-17-10(15)9-13-14(11(16)18-9)8-5-3-4-7(12)6-8/h3-6H,2H2,1H3. The molecule has 0 N–H and O–H groups in total. The zero-order valence-electron chi connectivity index (χ0n) is 9.42. The van der Waals surface area contributed by atoms with Crippen LogP contribution in [-0.4, -0.2) is 22.4 Å². The average Bonchev–Trinajstić information content (AvgIpc) is 2.72. The molecule has 1 aromatic carbocycles. The van der Waals surface area contributed by atoms with E-state index in [-0.39, 0.29) is 16.5 Å². The van der Waals surface area contributed by atoms with Gasteiger partial charge in [-0.2, -0.15) is 4.68 Å². The maximum atomic E-state index is 11.7. The van der Waals surface area contributed by atoms with Crippen LogP contribution >= 0.6 is 22.9 Å². The number of rotatable bonds is 3. The number of ether oxygens (including phenoxy) is 1. The van der Waals surface area contributed by atoms with Crippen molar-refractivity contribution in [2.75, 3.05) is 6.61 Å². The average molecular weight is 285 g/mol. The molecule has 1 aromatic heterocycles. The van der Waals surface area contributed by atoms with Crippen LogP contribution < -0.4 is 4.87 Å². The highest BCUT2D eigenvalue weighted by Crippen LogP contribution is 2.14. The molecule has 0 aliphatic heterocycles. The molecule has 0 fully saturated rings. The third-order valence-corrected chi connectivity index (χ3v) is 3.07. The summed E-state index contributed by atoms with van der Waals surface area (Å²) in [5, 5.41) is 4.45. The van der Waals surface area contributed by atoms with Crippen molar-refractivity contribution >= 4 is 28.9 Å². The van der Waals surface area contributed by atoms with Crippen LogP contribution in [0.3, 0.4) is 0 Å². The Balaban J connectivity index is 2.41. The number of hydrogen-bond donors (Lipinski definition) is 0. The summed E-state index contributed by atoms with van der Waals surface area (Å²) in [5.74, 6) is -0.597. The van der Waals surface area contributed by atoms with Crippen LogP contribution in [0.2, 0.25) is 5.02 Å². The molecule has 5 nitrogen and oxygen atoms in total. The molecule has 0 saturated carbocycles. The van der Waals surface area contributed by atoms with E-state index in [1.54, 1.807) is 31.2 Å². The predicted molar refractivity (Wildman–Crippen MR) is 68.7 cm³/mol. The number of hydrogen-bond acceptors (Lipinski definition) is 5. The third-order valence-electron chi connectivity index (χ3n) is 2.05. The minimum Gasteiger partial charge on any atom is -0.461 e. The molecule has 0 bridgehead atoms. The fourth-order valence-electron chi connectivity index (χ4n) is 1.32. The Hall–Kier alpha value is -1.66. The molecule has 94 valence electrons. The maximum absolute atomic E-state index is 11.7. The van der Waals surface area contributed by atoms with E-state index in [0.717, 1.165) is 16.0 Å². The van der Waals surface area contributed by atoms with Crippen LogP contribution in [0.1, 0.15) is 16.7 Å². The molecular weight excluding hydrogens is 276 g/mol. The minimum absolute atomic E-state index is 0.0295. The summed E-state index contributed by atoms with van der Waals surface area (Å²) in [6, 6.07) is 6.67. The number of carbonyl (C=O) groups excluding carboxylic acids is 1. The van der Waals surface area contributed by atoms with Gasteiger partial charge in [0, 0.05) is 5.02 Å². The Kier molecular flexibility index (Phi) is 3.78. The monoisotopic (exact) mass is 284 g/mol. The molecule has 2 rings (SSSR count). The smallest absolute Gasteiger partial charge is 0.369 e.